The lowest BCUT2D eigenvalue weighted by molar-refractivity contribution is -0.141. The van der Waals surface area contributed by atoms with Gasteiger partial charge in [-0.1, -0.05) is 62.7 Å². The zero-order chi connectivity index (χ0) is 21.8. The number of amides is 2. The van der Waals surface area contributed by atoms with E-state index in [9.17, 15) is 9.59 Å². The van der Waals surface area contributed by atoms with Crippen LogP contribution in [0.5, 0.6) is 5.75 Å². The first-order valence-corrected chi connectivity index (χ1v) is 10.8. The first-order valence-electron chi connectivity index (χ1n) is 10.8. The van der Waals surface area contributed by atoms with Crippen LogP contribution in [-0.4, -0.2) is 36.4 Å². The quantitative estimate of drug-likeness (QED) is 0.529. The summed E-state index contributed by atoms with van der Waals surface area (Å²) >= 11 is 0. The summed E-state index contributed by atoms with van der Waals surface area (Å²) in [7, 11) is 1.63. The predicted octanol–water partition coefficient (Wildman–Crippen LogP) is 4.35. The average molecular weight is 411 g/mol. The largest absolute Gasteiger partial charge is 0.497 e. The Labute approximate surface area is 180 Å². The van der Waals surface area contributed by atoms with Crippen LogP contribution >= 0.6 is 0 Å². The molecule has 0 aliphatic rings. The molecule has 5 heteroatoms. The fraction of sp³-hybridized carbons (Fsp3) is 0.440. The number of nitrogens with one attached hydrogen (secondary N) is 1. The van der Waals surface area contributed by atoms with E-state index in [2.05, 4.69) is 12.2 Å². The molecule has 0 unspecified atom stereocenters. The number of rotatable bonds is 12. The molecule has 2 amide bonds. The molecule has 5 nitrogen and oxygen atoms in total. The van der Waals surface area contributed by atoms with Gasteiger partial charge in [-0.25, -0.2) is 0 Å². The SMILES string of the molecule is CCCCNC(=O)[C@H](Cc1ccccc1)N(Cc1ccc(OC)cc1)C(=O)CCC. The third-order valence-corrected chi connectivity index (χ3v) is 5.08. The second-order valence-electron chi connectivity index (χ2n) is 7.47. The van der Waals surface area contributed by atoms with Gasteiger partial charge >= 0.3 is 0 Å². The van der Waals surface area contributed by atoms with Gasteiger partial charge in [0, 0.05) is 25.9 Å². The summed E-state index contributed by atoms with van der Waals surface area (Å²) < 4.78 is 5.24. The second kappa shape index (κ2) is 12.7. The Kier molecular flexibility index (Phi) is 9.92. The normalized spacial score (nSPS) is 11.6. The molecule has 0 aliphatic carbocycles. The monoisotopic (exact) mass is 410 g/mol. The standard InChI is InChI=1S/C25H34N2O3/c1-4-6-17-26-25(29)23(18-20-11-8-7-9-12-20)27(24(28)10-5-2)19-21-13-15-22(30-3)16-14-21/h7-9,11-16,23H,4-6,10,17-19H2,1-3H3,(H,26,29)/t23-/m0/s1. The molecule has 2 rings (SSSR count). The van der Waals surface area contributed by atoms with Crippen LogP contribution < -0.4 is 10.1 Å². The van der Waals surface area contributed by atoms with E-state index in [0.29, 0.717) is 25.9 Å². The summed E-state index contributed by atoms with van der Waals surface area (Å²) in [5.74, 6) is 0.675. The van der Waals surface area contributed by atoms with E-state index in [-0.39, 0.29) is 11.8 Å². The number of methoxy groups -OCH3 is 1. The van der Waals surface area contributed by atoms with Crippen molar-refractivity contribution in [3.8, 4) is 5.75 Å². The summed E-state index contributed by atoms with van der Waals surface area (Å²) in [5, 5.41) is 3.03. The molecular weight excluding hydrogens is 376 g/mol. The smallest absolute Gasteiger partial charge is 0.243 e. The lowest BCUT2D eigenvalue weighted by Crippen LogP contribution is -2.50. The van der Waals surface area contributed by atoms with E-state index in [1.807, 2.05) is 61.5 Å². The van der Waals surface area contributed by atoms with Crippen LogP contribution in [0.2, 0.25) is 0 Å². The number of benzene rings is 2. The molecule has 0 bridgehead atoms. The third-order valence-electron chi connectivity index (χ3n) is 5.08. The van der Waals surface area contributed by atoms with Gasteiger partial charge < -0.3 is 15.0 Å². The Bertz CT molecular complexity index is 775. The zero-order valence-corrected chi connectivity index (χ0v) is 18.4. The molecule has 2 aromatic carbocycles. The zero-order valence-electron chi connectivity index (χ0n) is 18.4. The molecule has 30 heavy (non-hydrogen) atoms. The van der Waals surface area contributed by atoms with Crippen LogP contribution in [0, 0.1) is 0 Å². The topological polar surface area (TPSA) is 58.6 Å². The van der Waals surface area contributed by atoms with E-state index in [4.69, 9.17) is 4.74 Å². The first-order chi connectivity index (χ1) is 14.6. The van der Waals surface area contributed by atoms with Gasteiger partial charge in [0.05, 0.1) is 7.11 Å². The number of carbonyl (C=O) groups is 2. The van der Waals surface area contributed by atoms with Crippen LogP contribution in [0.1, 0.15) is 50.7 Å². The molecular formula is C25H34N2O3. The molecule has 0 saturated heterocycles. The summed E-state index contributed by atoms with van der Waals surface area (Å²) in [4.78, 5) is 27.9. The fourth-order valence-electron chi connectivity index (χ4n) is 3.35. The summed E-state index contributed by atoms with van der Waals surface area (Å²) in [5.41, 5.74) is 2.01. The van der Waals surface area contributed by atoms with Crippen LogP contribution in [0.4, 0.5) is 0 Å². The Balaban J connectivity index is 2.30. The Morgan fingerprint density at radius 3 is 2.27 bits per heavy atom. The summed E-state index contributed by atoms with van der Waals surface area (Å²) in [6.45, 7) is 5.09. The van der Waals surface area contributed by atoms with Crippen molar-refractivity contribution in [1.82, 2.24) is 10.2 Å². The van der Waals surface area contributed by atoms with E-state index in [1.54, 1.807) is 12.0 Å². The molecule has 0 fully saturated rings. The molecule has 162 valence electrons. The summed E-state index contributed by atoms with van der Waals surface area (Å²) in [6.07, 6.45) is 3.58. The maximum Gasteiger partial charge on any atom is 0.243 e. The maximum atomic E-state index is 13.1. The highest BCUT2D eigenvalue weighted by Crippen LogP contribution is 2.18. The fourth-order valence-corrected chi connectivity index (χ4v) is 3.35. The molecule has 0 heterocycles. The van der Waals surface area contributed by atoms with Gasteiger partial charge in [0.1, 0.15) is 11.8 Å². The van der Waals surface area contributed by atoms with Crippen molar-refractivity contribution in [2.75, 3.05) is 13.7 Å². The molecule has 2 aromatic rings. The van der Waals surface area contributed by atoms with Crippen molar-refractivity contribution in [2.45, 2.75) is 58.5 Å². The number of ether oxygens (including phenoxy) is 1. The van der Waals surface area contributed by atoms with Gasteiger partial charge in [-0.3, -0.25) is 9.59 Å². The Morgan fingerprint density at radius 2 is 1.67 bits per heavy atom. The molecule has 0 spiro atoms. The van der Waals surface area contributed by atoms with Gasteiger partial charge in [0.15, 0.2) is 0 Å². The number of carbonyl (C=O) groups excluding carboxylic acids is 2. The van der Waals surface area contributed by atoms with Crippen LogP contribution in [0.15, 0.2) is 54.6 Å². The van der Waals surface area contributed by atoms with E-state index < -0.39 is 6.04 Å². The van der Waals surface area contributed by atoms with Crippen LogP contribution in [0.25, 0.3) is 0 Å². The van der Waals surface area contributed by atoms with Gasteiger partial charge in [-0.05, 0) is 36.1 Å². The van der Waals surface area contributed by atoms with Crippen molar-refractivity contribution in [3.63, 3.8) is 0 Å². The second-order valence-corrected chi connectivity index (χ2v) is 7.47. The molecule has 0 radical (unpaired) electrons. The minimum atomic E-state index is -0.551. The summed E-state index contributed by atoms with van der Waals surface area (Å²) in [6, 6.07) is 17.0. The highest BCUT2D eigenvalue weighted by Gasteiger charge is 2.29. The van der Waals surface area contributed by atoms with E-state index in [0.717, 1.165) is 36.1 Å². The van der Waals surface area contributed by atoms with Crippen LogP contribution in [-0.2, 0) is 22.6 Å². The first kappa shape index (κ1) is 23.5. The van der Waals surface area contributed by atoms with Crippen molar-refractivity contribution < 1.29 is 14.3 Å². The molecule has 0 aromatic heterocycles. The average Bonchev–Trinajstić information content (AvgIpc) is 2.77. The highest BCUT2D eigenvalue weighted by molar-refractivity contribution is 5.88. The third kappa shape index (κ3) is 7.21. The van der Waals surface area contributed by atoms with Gasteiger partial charge in [-0.15, -0.1) is 0 Å². The minimum absolute atomic E-state index is 0.000101. The van der Waals surface area contributed by atoms with Crippen LogP contribution in [0.3, 0.4) is 0 Å². The lowest BCUT2D eigenvalue weighted by Gasteiger charge is -2.31. The van der Waals surface area contributed by atoms with Crippen molar-refractivity contribution >= 4 is 11.8 Å². The predicted molar refractivity (Wildman–Crippen MR) is 120 cm³/mol. The molecule has 1 N–H and O–H groups in total. The lowest BCUT2D eigenvalue weighted by atomic mass is 10.0. The maximum absolute atomic E-state index is 13.1. The number of hydrogen-bond donors (Lipinski definition) is 1. The van der Waals surface area contributed by atoms with E-state index in [1.165, 1.54) is 0 Å². The Morgan fingerprint density at radius 1 is 0.967 bits per heavy atom. The van der Waals surface area contributed by atoms with Crippen molar-refractivity contribution in [1.29, 1.82) is 0 Å². The van der Waals surface area contributed by atoms with Crippen molar-refractivity contribution in [3.05, 3.63) is 65.7 Å². The molecule has 0 aliphatic heterocycles. The number of unbranched alkanes of at least 4 members (excludes halogenated alkanes) is 1. The number of nitrogens with zero attached hydrogens (tertiary/aromatic N) is 1. The van der Waals surface area contributed by atoms with Crippen molar-refractivity contribution in [2.24, 2.45) is 0 Å². The number of hydrogen-bond acceptors (Lipinski definition) is 3. The van der Waals surface area contributed by atoms with Gasteiger partial charge in [0.25, 0.3) is 0 Å². The Hall–Kier alpha value is -2.82. The van der Waals surface area contributed by atoms with Gasteiger partial charge in [0.2, 0.25) is 11.8 Å². The van der Waals surface area contributed by atoms with Gasteiger partial charge in [-0.2, -0.15) is 0 Å². The molecule has 1 atom stereocenters. The van der Waals surface area contributed by atoms with E-state index >= 15 is 0 Å². The molecule has 0 saturated carbocycles. The minimum Gasteiger partial charge on any atom is -0.497 e. The highest BCUT2D eigenvalue weighted by atomic mass is 16.5.